The molecule has 0 radical (unpaired) electrons. The number of amides is 1. The Balaban J connectivity index is 1.68. The van der Waals surface area contributed by atoms with Crippen LogP contribution in [0.2, 0.25) is 5.02 Å². The van der Waals surface area contributed by atoms with Crippen LogP contribution in [-0.2, 0) is 6.54 Å². The minimum absolute atomic E-state index is 0.0714. The smallest absolute Gasteiger partial charge is 0.407 e. The molecule has 1 aromatic heterocycles. The molecule has 29 heavy (non-hydrogen) atoms. The van der Waals surface area contributed by atoms with E-state index in [0.29, 0.717) is 24.7 Å². The summed E-state index contributed by atoms with van der Waals surface area (Å²) in [5.41, 5.74) is 0.503. The van der Waals surface area contributed by atoms with Crippen LogP contribution in [0.1, 0.15) is 12.0 Å². The molecule has 0 bridgehead atoms. The lowest BCUT2D eigenvalue weighted by molar-refractivity contribution is -0.384. The second-order valence-corrected chi connectivity index (χ2v) is 7.86. The molecule has 1 unspecified atom stereocenters. The van der Waals surface area contributed by atoms with E-state index in [1.165, 1.54) is 4.90 Å². The van der Waals surface area contributed by atoms with Crippen LogP contribution in [0.5, 0.6) is 0 Å². The van der Waals surface area contributed by atoms with Gasteiger partial charge in [0, 0.05) is 35.7 Å². The van der Waals surface area contributed by atoms with Gasteiger partial charge < -0.3 is 20.6 Å². The molecule has 3 N–H and O–H groups in total. The average molecular weight is 486 g/mol. The number of nitrogens with one attached hydrogen (secondary N) is 2. The number of nitrogens with zero attached hydrogens (tertiary/aromatic N) is 4. The molecule has 0 aliphatic carbocycles. The zero-order valence-corrected chi connectivity index (χ0v) is 17.5. The normalized spacial score (nSPS) is 15.9. The van der Waals surface area contributed by atoms with Crippen molar-refractivity contribution in [1.82, 2.24) is 14.9 Å². The number of halogens is 2. The van der Waals surface area contributed by atoms with Crippen LogP contribution in [0, 0.1) is 16.0 Å². The largest absolute Gasteiger partial charge is 0.465 e. The molecule has 12 heteroatoms. The molecule has 3 rings (SSSR count). The van der Waals surface area contributed by atoms with Gasteiger partial charge in [0.25, 0.3) is 0 Å². The first kappa shape index (κ1) is 21.1. The maximum Gasteiger partial charge on any atom is 0.407 e. The number of hydrogen-bond acceptors (Lipinski definition) is 7. The van der Waals surface area contributed by atoms with E-state index in [1.54, 1.807) is 12.1 Å². The Morgan fingerprint density at radius 2 is 2.24 bits per heavy atom. The predicted molar refractivity (Wildman–Crippen MR) is 111 cm³/mol. The summed E-state index contributed by atoms with van der Waals surface area (Å²) in [5.74, 6) is 0.427. The van der Waals surface area contributed by atoms with Crippen molar-refractivity contribution in [3.63, 3.8) is 0 Å². The molecule has 1 aliphatic rings. The summed E-state index contributed by atoms with van der Waals surface area (Å²) in [6, 6.07) is 5.34. The molecule has 0 spiro atoms. The second kappa shape index (κ2) is 9.23. The van der Waals surface area contributed by atoms with Gasteiger partial charge in [0.2, 0.25) is 11.8 Å². The van der Waals surface area contributed by atoms with Crippen molar-refractivity contribution >= 4 is 51.1 Å². The van der Waals surface area contributed by atoms with Gasteiger partial charge in [-0.25, -0.2) is 9.78 Å². The van der Waals surface area contributed by atoms with Gasteiger partial charge in [0.05, 0.1) is 4.92 Å². The summed E-state index contributed by atoms with van der Waals surface area (Å²) in [6.45, 7) is 1.63. The molecule has 2 heterocycles. The van der Waals surface area contributed by atoms with E-state index in [1.807, 2.05) is 6.07 Å². The van der Waals surface area contributed by atoms with Gasteiger partial charge >= 0.3 is 11.8 Å². The zero-order valence-electron chi connectivity index (χ0n) is 15.1. The Kier molecular flexibility index (Phi) is 6.70. The zero-order chi connectivity index (χ0) is 21.0. The Hall–Kier alpha value is -2.66. The van der Waals surface area contributed by atoms with Crippen molar-refractivity contribution in [1.29, 1.82) is 0 Å². The first-order valence-corrected chi connectivity index (χ1v) is 9.91. The highest BCUT2D eigenvalue weighted by atomic mass is 79.9. The maximum atomic E-state index is 11.3. The lowest BCUT2D eigenvalue weighted by Crippen LogP contribution is -2.28. The van der Waals surface area contributed by atoms with Crippen molar-refractivity contribution in [2.45, 2.75) is 13.0 Å². The molecule has 2 aromatic rings. The molecule has 1 amide bonds. The minimum Gasteiger partial charge on any atom is -0.465 e. The molecule has 154 valence electrons. The van der Waals surface area contributed by atoms with Crippen molar-refractivity contribution < 1.29 is 14.8 Å². The fourth-order valence-electron chi connectivity index (χ4n) is 2.99. The van der Waals surface area contributed by atoms with Crippen LogP contribution in [0.25, 0.3) is 0 Å². The van der Waals surface area contributed by atoms with E-state index in [9.17, 15) is 14.9 Å². The molecule has 10 nitrogen and oxygen atoms in total. The fraction of sp³-hybridized carbons (Fsp3) is 0.353. The first-order chi connectivity index (χ1) is 13.8. The molecule has 1 aliphatic heterocycles. The van der Waals surface area contributed by atoms with Crippen LogP contribution < -0.4 is 10.6 Å². The SMILES string of the molecule is O=C(O)N1CCC(CNc2ncc([N+](=O)[O-])c(NCc3cc(Br)ccc3Cl)n2)C1. The fourth-order valence-corrected chi connectivity index (χ4v) is 3.58. The minimum atomic E-state index is -0.934. The van der Waals surface area contributed by atoms with Crippen LogP contribution in [0.15, 0.2) is 28.9 Å². The van der Waals surface area contributed by atoms with E-state index in [-0.39, 0.29) is 29.9 Å². The molecule has 1 atom stereocenters. The van der Waals surface area contributed by atoms with E-state index in [2.05, 4.69) is 36.5 Å². The summed E-state index contributed by atoms with van der Waals surface area (Å²) in [6.07, 6.45) is 0.939. The molecule has 0 saturated carbocycles. The van der Waals surface area contributed by atoms with Crippen molar-refractivity contribution in [3.05, 3.63) is 49.6 Å². The Morgan fingerprint density at radius 1 is 1.45 bits per heavy atom. The third-order valence-electron chi connectivity index (χ3n) is 4.53. The predicted octanol–water partition coefficient (Wildman–Crippen LogP) is 3.82. The highest BCUT2D eigenvalue weighted by Gasteiger charge is 2.26. The summed E-state index contributed by atoms with van der Waals surface area (Å²) in [4.78, 5) is 31.3. The number of benzene rings is 1. The van der Waals surface area contributed by atoms with Crippen molar-refractivity contribution in [3.8, 4) is 0 Å². The highest BCUT2D eigenvalue weighted by Crippen LogP contribution is 2.26. The van der Waals surface area contributed by atoms with Crippen LogP contribution in [0.3, 0.4) is 0 Å². The summed E-state index contributed by atoms with van der Waals surface area (Å²) < 4.78 is 0.838. The molecular weight excluding hydrogens is 468 g/mol. The van der Waals surface area contributed by atoms with Gasteiger partial charge in [-0.15, -0.1) is 0 Å². The number of rotatable bonds is 7. The Morgan fingerprint density at radius 3 is 2.93 bits per heavy atom. The summed E-state index contributed by atoms with van der Waals surface area (Å²) in [5, 5.41) is 26.8. The van der Waals surface area contributed by atoms with Crippen LogP contribution in [-0.4, -0.2) is 50.6 Å². The Bertz CT molecular complexity index is 931. The van der Waals surface area contributed by atoms with Crippen LogP contribution in [0.4, 0.5) is 22.2 Å². The highest BCUT2D eigenvalue weighted by molar-refractivity contribution is 9.10. The lowest BCUT2D eigenvalue weighted by atomic mass is 10.1. The first-order valence-electron chi connectivity index (χ1n) is 8.74. The number of nitro groups is 1. The van der Waals surface area contributed by atoms with Crippen molar-refractivity contribution in [2.24, 2.45) is 5.92 Å². The number of anilines is 2. The molecule has 1 aromatic carbocycles. The number of likely N-dealkylation sites (tertiary alicyclic amines) is 1. The monoisotopic (exact) mass is 484 g/mol. The van der Waals surface area contributed by atoms with Gasteiger partial charge in [-0.3, -0.25) is 10.1 Å². The number of hydrogen-bond donors (Lipinski definition) is 3. The van der Waals surface area contributed by atoms with Gasteiger partial charge in [-0.05, 0) is 36.1 Å². The molecular formula is C17H18BrClN6O4. The van der Waals surface area contributed by atoms with Gasteiger partial charge in [0.15, 0.2) is 0 Å². The lowest BCUT2D eigenvalue weighted by Gasteiger charge is -2.13. The number of aromatic nitrogens is 2. The van der Waals surface area contributed by atoms with E-state index < -0.39 is 11.0 Å². The third kappa shape index (κ3) is 5.45. The Labute approximate surface area is 179 Å². The van der Waals surface area contributed by atoms with E-state index in [4.69, 9.17) is 16.7 Å². The van der Waals surface area contributed by atoms with Crippen molar-refractivity contribution in [2.75, 3.05) is 30.3 Å². The van der Waals surface area contributed by atoms with E-state index in [0.717, 1.165) is 22.7 Å². The summed E-state index contributed by atoms with van der Waals surface area (Å²) in [7, 11) is 0. The topological polar surface area (TPSA) is 134 Å². The standard InChI is InChI=1S/C17H18BrClN6O4/c18-12-1-2-13(19)11(5-12)7-20-15-14(25(28)29)8-22-16(23-15)21-6-10-3-4-24(9-10)17(26)27/h1-2,5,8,10H,3-4,6-7,9H2,(H,26,27)(H2,20,21,22,23). The second-order valence-electron chi connectivity index (χ2n) is 6.54. The maximum absolute atomic E-state index is 11.3. The number of carbonyl (C=O) groups is 1. The number of carboxylic acid groups (broad SMARTS) is 1. The molecule has 1 saturated heterocycles. The molecule has 1 fully saturated rings. The average Bonchev–Trinajstić information content (AvgIpc) is 3.16. The van der Waals surface area contributed by atoms with E-state index >= 15 is 0 Å². The third-order valence-corrected chi connectivity index (χ3v) is 5.39. The van der Waals surface area contributed by atoms with Crippen LogP contribution >= 0.6 is 27.5 Å². The summed E-state index contributed by atoms with van der Waals surface area (Å²) >= 11 is 9.53. The van der Waals surface area contributed by atoms with Gasteiger partial charge in [-0.2, -0.15) is 4.98 Å². The quantitative estimate of drug-likeness (QED) is 0.398. The van der Waals surface area contributed by atoms with Gasteiger partial charge in [0.1, 0.15) is 6.20 Å². The van der Waals surface area contributed by atoms with Gasteiger partial charge in [-0.1, -0.05) is 27.5 Å².